The van der Waals surface area contributed by atoms with E-state index in [1.165, 1.54) is 39.2 Å². The molecule has 0 amide bonds. The number of sulfonamides is 1. The molecule has 0 spiro atoms. The smallest absolute Gasteiger partial charge is 0.307 e. The molecule has 6 heteroatoms. The number of carbonyl (C=O) groups is 1. The van der Waals surface area contributed by atoms with Gasteiger partial charge in [-0.05, 0) is 25.5 Å². The van der Waals surface area contributed by atoms with E-state index in [0.717, 1.165) is 24.8 Å². The van der Waals surface area contributed by atoms with Gasteiger partial charge in [-0.3, -0.25) is 4.79 Å². The second-order valence-corrected chi connectivity index (χ2v) is 8.89. The lowest BCUT2D eigenvalue weighted by Gasteiger charge is -2.18. The topological polar surface area (TPSA) is 72.5 Å². The maximum Gasteiger partial charge on any atom is 0.307 e. The van der Waals surface area contributed by atoms with Gasteiger partial charge in [-0.15, -0.1) is 0 Å². The number of methoxy groups -OCH3 is 1. The van der Waals surface area contributed by atoms with E-state index in [1.807, 2.05) is 6.92 Å². The first-order chi connectivity index (χ1) is 12.9. The summed E-state index contributed by atoms with van der Waals surface area (Å²) < 4.78 is 32.6. The minimum absolute atomic E-state index is 0.0537. The van der Waals surface area contributed by atoms with Gasteiger partial charge >= 0.3 is 5.97 Å². The van der Waals surface area contributed by atoms with E-state index in [9.17, 15) is 13.2 Å². The average Bonchev–Trinajstić information content (AvgIpc) is 2.63. The number of nitrogens with one attached hydrogen (secondary N) is 1. The van der Waals surface area contributed by atoms with E-state index in [0.29, 0.717) is 6.42 Å². The fourth-order valence-corrected chi connectivity index (χ4v) is 4.29. The number of benzene rings is 1. The van der Waals surface area contributed by atoms with Crippen molar-refractivity contribution in [3.63, 3.8) is 0 Å². The Morgan fingerprint density at radius 3 is 2.11 bits per heavy atom. The van der Waals surface area contributed by atoms with Gasteiger partial charge < -0.3 is 4.74 Å². The van der Waals surface area contributed by atoms with Crippen LogP contribution >= 0.6 is 0 Å². The molecule has 1 aromatic carbocycles. The summed E-state index contributed by atoms with van der Waals surface area (Å²) in [5.41, 5.74) is 0.999. The molecule has 0 aromatic heterocycles. The number of esters is 1. The van der Waals surface area contributed by atoms with Crippen molar-refractivity contribution in [2.75, 3.05) is 7.11 Å². The summed E-state index contributed by atoms with van der Waals surface area (Å²) in [7, 11) is -2.32. The third kappa shape index (κ3) is 9.91. The summed E-state index contributed by atoms with van der Waals surface area (Å²) in [4.78, 5) is 11.9. The lowest BCUT2D eigenvalue weighted by Crippen LogP contribution is -2.36. The molecule has 1 aromatic rings. The number of carbonyl (C=O) groups excluding carboxylic acids is 1. The molecule has 0 aliphatic carbocycles. The van der Waals surface area contributed by atoms with E-state index in [4.69, 9.17) is 4.74 Å². The molecule has 5 nitrogen and oxygen atoms in total. The van der Waals surface area contributed by atoms with Crippen LogP contribution in [0.25, 0.3) is 0 Å². The van der Waals surface area contributed by atoms with Crippen LogP contribution in [0, 0.1) is 6.92 Å². The SMILES string of the molecule is CCCCCCCCCCC(CC(=O)OC)NS(=O)(=O)c1ccc(C)cc1. The Labute approximate surface area is 164 Å². The molecule has 1 rings (SSSR count). The van der Waals surface area contributed by atoms with Gasteiger partial charge in [0.25, 0.3) is 0 Å². The van der Waals surface area contributed by atoms with Gasteiger partial charge in [-0.25, -0.2) is 13.1 Å². The minimum Gasteiger partial charge on any atom is -0.469 e. The highest BCUT2D eigenvalue weighted by atomic mass is 32.2. The maximum absolute atomic E-state index is 12.6. The third-order valence-corrected chi connectivity index (χ3v) is 6.24. The fourth-order valence-electron chi connectivity index (χ4n) is 3.02. The van der Waals surface area contributed by atoms with Gasteiger partial charge in [0.05, 0.1) is 18.4 Å². The third-order valence-electron chi connectivity index (χ3n) is 4.70. The van der Waals surface area contributed by atoms with Crippen molar-refractivity contribution in [1.29, 1.82) is 0 Å². The minimum atomic E-state index is -3.65. The number of ether oxygens (including phenoxy) is 1. The largest absolute Gasteiger partial charge is 0.469 e. The molecular weight excluding hydrogens is 362 g/mol. The Morgan fingerprint density at radius 1 is 1.00 bits per heavy atom. The van der Waals surface area contributed by atoms with Crippen molar-refractivity contribution >= 4 is 16.0 Å². The van der Waals surface area contributed by atoms with Crippen LogP contribution in [-0.2, 0) is 19.6 Å². The van der Waals surface area contributed by atoms with Gasteiger partial charge in [0.15, 0.2) is 0 Å². The first kappa shape index (κ1) is 23.6. The summed E-state index contributed by atoms with van der Waals surface area (Å²) in [5.74, 6) is -0.397. The second kappa shape index (κ2) is 12.9. The van der Waals surface area contributed by atoms with Crippen LogP contribution in [0.1, 0.15) is 76.7 Å². The lowest BCUT2D eigenvalue weighted by atomic mass is 10.0. The van der Waals surface area contributed by atoms with Crippen LogP contribution < -0.4 is 4.72 Å². The number of unbranched alkanes of at least 4 members (excludes halogenated alkanes) is 7. The standard InChI is InChI=1S/C21H35NO4S/c1-4-5-6-7-8-9-10-11-12-19(17-21(23)26-3)22-27(24,25)20-15-13-18(2)14-16-20/h13-16,19,22H,4-12,17H2,1-3H3. The second-order valence-electron chi connectivity index (χ2n) is 7.18. The maximum atomic E-state index is 12.6. The van der Waals surface area contributed by atoms with Crippen molar-refractivity contribution in [1.82, 2.24) is 4.72 Å². The van der Waals surface area contributed by atoms with E-state index < -0.39 is 22.0 Å². The molecule has 1 atom stereocenters. The lowest BCUT2D eigenvalue weighted by molar-refractivity contribution is -0.141. The predicted molar refractivity (Wildman–Crippen MR) is 109 cm³/mol. The molecule has 1 unspecified atom stereocenters. The zero-order valence-electron chi connectivity index (χ0n) is 17.0. The summed E-state index contributed by atoms with van der Waals surface area (Å²) in [6.45, 7) is 4.12. The zero-order chi connectivity index (χ0) is 20.1. The van der Waals surface area contributed by atoms with Gasteiger partial charge in [-0.2, -0.15) is 0 Å². The van der Waals surface area contributed by atoms with E-state index in [2.05, 4.69) is 11.6 Å². The first-order valence-electron chi connectivity index (χ1n) is 10.0. The van der Waals surface area contributed by atoms with Gasteiger partial charge in [0, 0.05) is 6.04 Å². The molecule has 0 aliphatic heterocycles. The first-order valence-corrected chi connectivity index (χ1v) is 11.5. The van der Waals surface area contributed by atoms with E-state index in [-0.39, 0.29) is 11.3 Å². The number of rotatable bonds is 14. The van der Waals surface area contributed by atoms with Crippen LogP contribution in [0.5, 0.6) is 0 Å². The number of hydrogen-bond donors (Lipinski definition) is 1. The predicted octanol–water partition coefficient (Wildman–Crippen LogP) is 4.74. The molecule has 154 valence electrons. The zero-order valence-corrected chi connectivity index (χ0v) is 17.8. The Morgan fingerprint density at radius 2 is 1.56 bits per heavy atom. The van der Waals surface area contributed by atoms with Crippen molar-refractivity contribution in [3.05, 3.63) is 29.8 Å². The Kier molecular flexibility index (Phi) is 11.3. The monoisotopic (exact) mass is 397 g/mol. The summed E-state index contributed by atoms with van der Waals surface area (Å²) in [6.07, 6.45) is 10.1. The number of aryl methyl sites for hydroxylation is 1. The van der Waals surface area contributed by atoms with Crippen LogP contribution in [0.2, 0.25) is 0 Å². The average molecular weight is 398 g/mol. The Hall–Kier alpha value is -1.40. The highest BCUT2D eigenvalue weighted by molar-refractivity contribution is 7.89. The molecular formula is C21H35NO4S. The normalized spacial score (nSPS) is 12.7. The van der Waals surface area contributed by atoms with E-state index >= 15 is 0 Å². The van der Waals surface area contributed by atoms with Gasteiger partial charge in [0.1, 0.15) is 0 Å². The molecule has 1 N–H and O–H groups in total. The van der Waals surface area contributed by atoms with Crippen LogP contribution in [-0.4, -0.2) is 27.5 Å². The Bertz CT molecular complexity index is 641. The summed E-state index contributed by atoms with van der Waals surface area (Å²) in [5, 5.41) is 0. The van der Waals surface area contributed by atoms with Crippen molar-refractivity contribution in [3.8, 4) is 0 Å². The number of hydrogen-bond acceptors (Lipinski definition) is 4. The van der Waals surface area contributed by atoms with Crippen LogP contribution in [0.15, 0.2) is 29.2 Å². The molecule has 0 saturated heterocycles. The van der Waals surface area contributed by atoms with Crippen molar-refractivity contribution in [2.45, 2.75) is 89.0 Å². The molecule has 0 fully saturated rings. The van der Waals surface area contributed by atoms with Gasteiger partial charge in [0.2, 0.25) is 10.0 Å². The highest BCUT2D eigenvalue weighted by Crippen LogP contribution is 2.16. The van der Waals surface area contributed by atoms with Crippen molar-refractivity contribution < 1.29 is 17.9 Å². The fraction of sp³-hybridized carbons (Fsp3) is 0.667. The summed E-state index contributed by atoms with van der Waals surface area (Å²) in [6, 6.07) is 6.26. The van der Waals surface area contributed by atoms with Crippen LogP contribution in [0.3, 0.4) is 0 Å². The molecule has 0 bridgehead atoms. The van der Waals surface area contributed by atoms with Gasteiger partial charge in [-0.1, -0.05) is 76.0 Å². The molecule has 0 aliphatic rings. The molecule has 0 radical (unpaired) electrons. The molecule has 0 heterocycles. The summed E-state index contributed by atoms with van der Waals surface area (Å²) >= 11 is 0. The van der Waals surface area contributed by atoms with Crippen molar-refractivity contribution in [2.24, 2.45) is 0 Å². The van der Waals surface area contributed by atoms with Crippen LogP contribution in [0.4, 0.5) is 0 Å². The molecule has 27 heavy (non-hydrogen) atoms. The Balaban J connectivity index is 2.53. The quantitative estimate of drug-likeness (QED) is 0.364. The highest BCUT2D eigenvalue weighted by Gasteiger charge is 2.22. The van der Waals surface area contributed by atoms with E-state index in [1.54, 1.807) is 24.3 Å². The molecule has 0 saturated carbocycles.